The average molecular weight is 470 g/mol. The fourth-order valence-corrected chi connectivity index (χ4v) is 4.86. The molecule has 10 nitrogen and oxygen atoms in total. The van der Waals surface area contributed by atoms with Crippen molar-refractivity contribution in [1.82, 2.24) is 14.9 Å². The number of carbonyl (C=O) groups is 3. The van der Waals surface area contributed by atoms with Gasteiger partial charge in [0.1, 0.15) is 17.9 Å². The number of urea groups is 1. The second-order valence-electron chi connectivity index (χ2n) is 7.93. The molecule has 0 saturated carbocycles. The average Bonchev–Trinajstić information content (AvgIpc) is 3.36. The number of amidine groups is 1. The Hall–Kier alpha value is -3.73. The lowest BCUT2D eigenvalue weighted by molar-refractivity contribution is -0.133. The molecule has 2 heterocycles. The molecule has 0 radical (unpaired) electrons. The van der Waals surface area contributed by atoms with Gasteiger partial charge in [-0.2, -0.15) is 0 Å². The van der Waals surface area contributed by atoms with Crippen LogP contribution >= 0.6 is 0 Å². The van der Waals surface area contributed by atoms with Gasteiger partial charge in [0, 0.05) is 18.7 Å². The Morgan fingerprint density at radius 1 is 1.15 bits per heavy atom. The molecule has 1 fully saturated rings. The van der Waals surface area contributed by atoms with Crippen molar-refractivity contribution in [2.45, 2.75) is 30.2 Å². The molecule has 0 aromatic heterocycles. The van der Waals surface area contributed by atoms with E-state index in [0.717, 1.165) is 11.3 Å². The van der Waals surface area contributed by atoms with Gasteiger partial charge < -0.3 is 10.6 Å². The standard InChI is InChI=1S/C22H23N5O5S/c1-22(15-7-3-2-4-8-15)20(29)27(21(30)25-22)14-19(28)24-16-9-5-10-17(13-16)33(31,32)26-18-11-6-12-23-18/h2-5,7-10,13H,6,11-12,14H2,1H3,(H,23,26)(H,24,28)(H,25,30)/t22-/m1/s1. The van der Waals surface area contributed by atoms with Crippen molar-refractivity contribution >= 4 is 39.4 Å². The molecule has 4 rings (SSSR count). The number of aliphatic imine (C=N–C) groups is 1. The van der Waals surface area contributed by atoms with E-state index in [0.29, 0.717) is 24.4 Å². The molecule has 11 heteroatoms. The summed E-state index contributed by atoms with van der Waals surface area (Å²) in [6.07, 6.45) is 1.35. The fourth-order valence-electron chi connectivity index (χ4n) is 3.73. The van der Waals surface area contributed by atoms with Crippen LogP contribution in [-0.2, 0) is 25.2 Å². The van der Waals surface area contributed by atoms with Crippen molar-refractivity contribution in [2.75, 3.05) is 18.4 Å². The van der Waals surface area contributed by atoms with E-state index in [2.05, 4.69) is 20.3 Å². The van der Waals surface area contributed by atoms with Gasteiger partial charge in [-0.15, -0.1) is 0 Å². The van der Waals surface area contributed by atoms with E-state index in [-0.39, 0.29) is 10.6 Å². The molecule has 2 aliphatic rings. The highest BCUT2D eigenvalue weighted by molar-refractivity contribution is 7.90. The Kier molecular flexibility index (Phi) is 5.90. The molecular formula is C22H23N5O5S. The Morgan fingerprint density at radius 2 is 1.91 bits per heavy atom. The third-order valence-corrected chi connectivity index (χ3v) is 6.86. The summed E-state index contributed by atoms with van der Waals surface area (Å²) in [5.41, 5.74) is -0.459. The normalized spacial score (nSPS) is 20.4. The molecule has 1 atom stereocenters. The summed E-state index contributed by atoms with van der Waals surface area (Å²) in [5.74, 6) is -0.783. The van der Waals surface area contributed by atoms with Crippen molar-refractivity contribution in [2.24, 2.45) is 4.99 Å². The van der Waals surface area contributed by atoms with Crippen molar-refractivity contribution in [3.8, 4) is 0 Å². The van der Waals surface area contributed by atoms with E-state index >= 15 is 0 Å². The molecule has 2 aliphatic heterocycles. The molecule has 0 spiro atoms. The van der Waals surface area contributed by atoms with Crippen molar-refractivity contribution in [3.05, 3.63) is 60.2 Å². The van der Waals surface area contributed by atoms with Gasteiger partial charge >= 0.3 is 6.03 Å². The Labute approximate surface area is 191 Å². The van der Waals surface area contributed by atoms with Crippen LogP contribution in [-0.4, -0.2) is 50.1 Å². The highest BCUT2D eigenvalue weighted by Gasteiger charge is 2.49. The first-order valence-corrected chi connectivity index (χ1v) is 11.8. The van der Waals surface area contributed by atoms with Gasteiger partial charge in [-0.1, -0.05) is 36.4 Å². The highest BCUT2D eigenvalue weighted by Crippen LogP contribution is 2.28. The van der Waals surface area contributed by atoms with Crippen LogP contribution in [0.5, 0.6) is 0 Å². The number of anilines is 1. The second-order valence-corrected chi connectivity index (χ2v) is 9.61. The summed E-state index contributed by atoms with van der Waals surface area (Å²) < 4.78 is 27.6. The molecule has 2 aromatic carbocycles. The Morgan fingerprint density at radius 3 is 2.61 bits per heavy atom. The predicted molar refractivity (Wildman–Crippen MR) is 121 cm³/mol. The molecular weight excluding hydrogens is 446 g/mol. The summed E-state index contributed by atoms with van der Waals surface area (Å²) in [6, 6.07) is 13.8. The fraction of sp³-hybridized carbons (Fsp3) is 0.273. The third-order valence-electron chi connectivity index (χ3n) is 5.48. The summed E-state index contributed by atoms with van der Waals surface area (Å²) in [4.78, 5) is 42.8. The zero-order valence-electron chi connectivity index (χ0n) is 17.9. The summed E-state index contributed by atoms with van der Waals surface area (Å²) in [7, 11) is -3.85. The van der Waals surface area contributed by atoms with E-state index in [1.165, 1.54) is 24.3 Å². The van der Waals surface area contributed by atoms with Crippen molar-refractivity contribution in [1.29, 1.82) is 0 Å². The van der Waals surface area contributed by atoms with Crippen LogP contribution < -0.4 is 15.4 Å². The Balaban J connectivity index is 1.44. The monoisotopic (exact) mass is 469 g/mol. The minimum absolute atomic E-state index is 0.0402. The van der Waals surface area contributed by atoms with Crippen LogP contribution in [0.2, 0.25) is 0 Å². The number of carbonyl (C=O) groups excluding carboxylic acids is 3. The van der Waals surface area contributed by atoms with Crippen LogP contribution in [0.15, 0.2) is 64.5 Å². The highest BCUT2D eigenvalue weighted by atomic mass is 32.2. The van der Waals surface area contributed by atoms with Gasteiger partial charge in [0.2, 0.25) is 5.91 Å². The zero-order chi connectivity index (χ0) is 23.6. The first-order valence-electron chi connectivity index (χ1n) is 10.3. The first kappa shape index (κ1) is 22.5. The minimum atomic E-state index is -3.85. The Bertz CT molecular complexity index is 1240. The van der Waals surface area contributed by atoms with E-state index in [4.69, 9.17) is 0 Å². The molecule has 172 valence electrons. The van der Waals surface area contributed by atoms with Crippen molar-refractivity contribution in [3.63, 3.8) is 0 Å². The molecule has 0 bridgehead atoms. The van der Waals surface area contributed by atoms with Crippen LogP contribution in [0.1, 0.15) is 25.3 Å². The third kappa shape index (κ3) is 4.58. The van der Waals surface area contributed by atoms with Crippen molar-refractivity contribution < 1.29 is 22.8 Å². The lowest BCUT2D eigenvalue weighted by Gasteiger charge is -2.22. The molecule has 0 aliphatic carbocycles. The number of hydrogen-bond acceptors (Lipinski definition) is 6. The van der Waals surface area contributed by atoms with E-state index in [1.54, 1.807) is 37.3 Å². The minimum Gasteiger partial charge on any atom is -0.324 e. The maximum atomic E-state index is 12.9. The lowest BCUT2D eigenvalue weighted by atomic mass is 9.92. The molecule has 33 heavy (non-hydrogen) atoms. The molecule has 1 saturated heterocycles. The maximum absolute atomic E-state index is 12.9. The number of amides is 4. The van der Waals surface area contributed by atoms with Crippen LogP contribution in [0, 0.1) is 0 Å². The van der Waals surface area contributed by atoms with E-state index < -0.39 is 40.0 Å². The maximum Gasteiger partial charge on any atom is 0.325 e. The predicted octanol–water partition coefficient (Wildman–Crippen LogP) is 1.56. The number of sulfonamides is 1. The number of nitrogens with one attached hydrogen (secondary N) is 3. The van der Waals surface area contributed by atoms with Gasteiger partial charge in [0.15, 0.2) is 0 Å². The second kappa shape index (κ2) is 8.66. The number of benzene rings is 2. The zero-order valence-corrected chi connectivity index (χ0v) is 18.7. The van der Waals surface area contributed by atoms with Crippen LogP contribution in [0.4, 0.5) is 10.5 Å². The topological polar surface area (TPSA) is 137 Å². The summed E-state index contributed by atoms with van der Waals surface area (Å²) >= 11 is 0. The van der Waals surface area contributed by atoms with E-state index in [1.807, 2.05) is 0 Å². The lowest BCUT2D eigenvalue weighted by Crippen LogP contribution is -2.42. The number of rotatable bonds is 6. The van der Waals surface area contributed by atoms with Gasteiger partial charge in [-0.25, -0.2) is 13.2 Å². The largest absolute Gasteiger partial charge is 0.325 e. The van der Waals surface area contributed by atoms with Gasteiger partial charge in [-0.3, -0.25) is 24.2 Å². The summed E-state index contributed by atoms with van der Waals surface area (Å²) in [5, 5.41) is 5.19. The van der Waals surface area contributed by atoms with Crippen LogP contribution in [0.3, 0.4) is 0 Å². The molecule has 0 unspecified atom stereocenters. The number of imide groups is 1. The summed E-state index contributed by atoms with van der Waals surface area (Å²) in [6.45, 7) is 1.65. The SMILES string of the molecule is C[C@]1(c2ccccc2)NC(=O)N(CC(=O)Nc2cccc(S(=O)(=O)NC3=NCCC3)c2)C1=O. The van der Waals surface area contributed by atoms with Gasteiger partial charge in [0.05, 0.1) is 4.90 Å². The number of nitrogens with zero attached hydrogens (tertiary/aromatic N) is 2. The smallest absolute Gasteiger partial charge is 0.324 e. The van der Waals surface area contributed by atoms with Gasteiger partial charge in [-0.05, 0) is 37.1 Å². The molecule has 2 aromatic rings. The molecule has 3 N–H and O–H groups in total. The quantitative estimate of drug-likeness (QED) is 0.552. The first-order chi connectivity index (χ1) is 15.7. The van der Waals surface area contributed by atoms with E-state index in [9.17, 15) is 22.8 Å². The molecule has 4 amide bonds. The van der Waals surface area contributed by atoms with Gasteiger partial charge in [0.25, 0.3) is 15.9 Å². The number of hydrogen-bond donors (Lipinski definition) is 3. The van der Waals surface area contributed by atoms with Crippen LogP contribution in [0.25, 0.3) is 0 Å².